The maximum absolute atomic E-state index is 13.3. The van der Waals surface area contributed by atoms with Crippen molar-refractivity contribution in [2.45, 2.75) is 6.92 Å². The van der Waals surface area contributed by atoms with Crippen molar-refractivity contribution in [1.29, 1.82) is 0 Å². The lowest BCUT2D eigenvalue weighted by Gasteiger charge is -2.26. The summed E-state index contributed by atoms with van der Waals surface area (Å²) in [5.41, 5.74) is 2.56. The largest absolute Gasteiger partial charge is 0.344 e. The maximum Gasteiger partial charge on any atom is 0.256 e. The highest BCUT2D eigenvalue weighted by molar-refractivity contribution is 6.39. The number of nitrogens with zero attached hydrogens (tertiary/aromatic N) is 2. The molecule has 0 aliphatic rings. The highest BCUT2D eigenvalue weighted by atomic mass is 35.5. The summed E-state index contributed by atoms with van der Waals surface area (Å²) in [7, 11) is 1.91. The molecule has 2 amide bonds. The van der Waals surface area contributed by atoms with Gasteiger partial charge in [-0.3, -0.25) is 9.59 Å². The van der Waals surface area contributed by atoms with Gasteiger partial charge >= 0.3 is 0 Å². The normalized spacial score (nSPS) is 10.5. The Morgan fingerprint density at radius 3 is 2.13 bits per heavy atom. The first-order valence-corrected chi connectivity index (χ1v) is 10.6. The van der Waals surface area contributed by atoms with Crippen LogP contribution in [0.25, 0.3) is 0 Å². The number of para-hydroxylation sites is 3. The van der Waals surface area contributed by atoms with Gasteiger partial charge in [0.2, 0.25) is 5.91 Å². The molecule has 5 nitrogen and oxygen atoms in total. The first-order valence-electron chi connectivity index (χ1n) is 9.83. The van der Waals surface area contributed by atoms with Crippen molar-refractivity contribution >= 4 is 52.1 Å². The van der Waals surface area contributed by atoms with Gasteiger partial charge in [0, 0.05) is 19.3 Å². The number of likely N-dealkylation sites (N-methyl/N-ethyl adjacent to an activating group) is 1. The van der Waals surface area contributed by atoms with Crippen LogP contribution >= 0.6 is 23.2 Å². The average molecular weight is 456 g/mol. The number of hydrogen-bond donors (Lipinski definition) is 1. The Balaban J connectivity index is 1.80. The topological polar surface area (TPSA) is 52.7 Å². The quantitative estimate of drug-likeness (QED) is 0.485. The fourth-order valence-electron chi connectivity index (χ4n) is 3.20. The molecule has 0 heterocycles. The molecule has 0 aliphatic carbocycles. The van der Waals surface area contributed by atoms with Gasteiger partial charge in [0.1, 0.15) is 6.54 Å². The average Bonchev–Trinajstić information content (AvgIpc) is 2.79. The standard InChI is InChI=1S/C24H23Cl2N3O2/c1-3-29(16-22(30)27-23-19(25)13-9-14-20(23)26)24(31)18-12-7-8-15-21(18)28(2)17-10-5-4-6-11-17/h4-15H,3,16H2,1-2H3,(H,27,30). The molecule has 3 rings (SSSR count). The summed E-state index contributed by atoms with van der Waals surface area (Å²) < 4.78 is 0. The monoisotopic (exact) mass is 455 g/mol. The molecule has 0 radical (unpaired) electrons. The maximum atomic E-state index is 13.3. The molecule has 0 unspecified atom stereocenters. The summed E-state index contributed by atoms with van der Waals surface area (Å²) in [6.07, 6.45) is 0. The number of carbonyl (C=O) groups is 2. The van der Waals surface area contributed by atoms with E-state index in [9.17, 15) is 9.59 Å². The molecular formula is C24H23Cl2N3O2. The molecule has 0 aromatic heterocycles. The minimum Gasteiger partial charge on any atom is -0.344 e. The van der Waals surface area contributed by atoms with E-state index in [4.69, 9.17) is 23.2 Å². The molecule has 160 valence electrons. The van der Waals surface area contributed by atoms with Crippen LogP contribution in [0, 0.1) is 0 Å². The Kier molecular flexibility index (Phi) is 7.55. The Morgan fingerprint density at radius 2 is 1.48 bits per heavy atom. The van der Waals surface area contributed by atoms with Crippen molar-refractivity contribution in [3.8, 4) is 0 Å². The number of carbonyl (C=O) groups excluding carboxylic acids is 2. The van der Waals surface area contributed by atoms with Crippen LogP contribution in [0.5, 0.6) is 0 Å². The fraction of sp³-hybridized carbons (Fsp3) is 0.167. The third kappa shape index (κ3) is 5.37. The summed E-state index contributed by atoms with van der Waals surface area (Å²) in [5, 5.41) is 3.38. The molecule has 0 saturated carbocycles. The third-order valence-corrected chi connectivity index (χ3v) is 5.50. The molecule has 3 aromatic rings. The third-order valence-electron chi connectivity index (χ3n) is 4.87. The smallest absolute Gasteiger partial charge is 0.256 e. The molecule has 0 fully saturated rings. The van der Waals surface area contributed by atoms with Crippen molar-refractivity contribution < 1.29 is 9.59 Å². The van der Waals surface area contributed by atoms with Gasteiger partial charge in [-0.15, -0.1) is 0 Å². The number of halogens is 2. The lowest BCUT2D eigenvalue weighted by molar-refractivity contribution is -0.116. The van der Waals surface area contributed by atoms with E-state index < -0.39 is 0 Å². The molecule has 0 aliphatic heterocycles. The van der Waals surface area contributed by atoms with Gasteiger partial charge in [-0.1, -0.05) is 59.6 Å². The second kappa shape index (κ2) is 10.3. The van der Waals surface area contributed by atoms with E-state index in [1.54, 1.807) is 24.3 Å². The second-order valence-electron chi connectivity index (χ2n) is 6.88. The Morgan fingerprint density at radius 1 is 0.871 bits per heavy atom. The zero-order chi connectivity index (χ0) is 22.4. The molecule has 31 heavy (non-hydrogen) atoms. The zero-order valence-electron chi connectivity index (χ0n) is 17.3. The van der Waals surface area contributed by atoms with Crippen molar-refractivity contribution in [2.24, 2.45) is 0 Å². The molecule has 0 spiro atoms. The van der Waals surface area contributed by atoms with Gasteiger partial charge in [0.05, 0.1) is 27.0 Å². The van der Waals surface area contributed by atoms with Gasteiger partial charge in [-0.2, -0.15) is 0 Å². The summed E-state index contributed by atoms with van der Waals surface area (Å²) in [6, 6.07) is 22.1. The van der Waals surface area contributed by atoms with E-state index in [2.05, 4.69) is 5.32 Å². The SMILES string of the molecule is CCN(CC(=O)Nc1c(Cl)cccc1Cl)C(=O)c1ccccc1N(C)c1ccccc1. The van der Waals surface area contributed by atoms with E-state index in [0.717, 1.165) is 11.4 Å². The van der Waals surface area contributed by atoms with E-state index in [-0.39, 0.29) is 18.4 Å². The minimum atomic E-state index is -0.376. The summed E-state index contributed by atoms with van der Waals surface area (Å²) in [6.45, 7) is 2.07. The van der Waals surface area contributed by atoms with Crippen LogP contribution in [0.2, 0.25) is 10.0 Å². The van der Waals surface area contributed by atoms with Gasteiger partial charge in [0.15, 0.2) is 0 Å². The summed E-state index contributed by atoms with van der Waals surface area (Å²) >= 11 is 12.3. The lowest BCUT2D eigenvalue weighted by Crippen LogP contribution is -2.38. The number of hydrogen-bond acceptors (Lipinski definition) is 3. The number of rotatable bonds is 7. The van der Waals surface area contributed by atoms with E-state index in [0.29, 0.717) is 27.8 Å². The minimum absolute atomic E-state index is 0.125. The predicted octanol–water partition coefficient (Wildman–Crippen LogP) is 5.86. The van der Waals surface area contributed by atoms with Crippen molar-refractivity contribution in [1.82, 2.24) is 4.90 Å². The van der Waals surface area contributed by atoms with Crippen LogP contribution in [-0.4, -0.2) is 36.9 Å². The van der Waals surface area contributed by atoms with Crippen molar-refractivity contribution in [2.75, 3.05) is 30.4 Å². The second-order valence-corrected chi connectivity index (χ2v) is 7.69. The summed E-state index contributed by atoms with van der Waals surface area (Å²) in [5.74, 6) is -0.611. The number of anilines is 3. The number of amides is 2. The van der Waals surface area contributed by atoms with Gasteiger partial charge in [0.25, 0.3) is 5.91 Å². The highest BCUT2D eigenvalue weighted by Crippen LogP contribution is 2.30. The van der Waals surface area contributed by atoms with Gasteiger partial charge in [-0.25, -0.2) is 0 Å². The van der Waals surface area contributed by atoms with E-state index in [1.807, 2.05) is 67.4 Å². The zero-order valence-corrected chi connectivity index (χ0v) is 18.8. The van der Waals surface area contributed by atoms with E-state index >= 15 is 0 Å². The molecule has 0 saturated heterocycles. The predicted molar refractivity (Wildman–Crippen MR) is 128 cm³/mol. The van der Waals surface area contributed by atoms with Gasteiger partial charge in [-0.05, 0) is 43.3 Å². The first kappa shape index (κ1) is 22.7. The fourth-order valence-corrected chi connectivity index (χ4v) is 3.70. The van der Waals surface area contributed by atoms with Crippen LogP contribution < -0.4 is 10.2 Å². The Hall–Kier alpha value is -3.02. The summed E-state index contributed by atoms with van der Waals surface area (Å²) in [4.78, 5) is 29.4. The van der Waals surface area contributed by atoms with E-state index in [1.165, 1.54) is 4.90 Å². The Labute approximate surface area is 192 Å². The molecule has 0 atom stereocenters. The van der Waals surface area contributed by atoms with Gasteiger partial charge < -0.3 is 15.1 Å². The van der Waals surface area contributed by atoms with Crippen molar-refractivity contribution in [3.63, 3.8) is 0 Å². The van der Waals surface area contributed by atoms with Crippen LogP contribution in [0.15, 0.2) is 72.8 Å². The van der Waals surface area contributed by atoms with Crippen LogP contribution in [0.4, 0.5) is 17.1 Å². The van der Waals surface area contributed by atoms with Crippen LogP contribution in [0.3, 0.4) is 0 Å². The molecule has 0 bridgehead atoms. The van der Waals surface area contributed by atoms with Crippen molar-refractivity contribution in [3.05, 3.63) is 88.4 Å². The highest BCUT2D eigenvalue weighted by Gasteiger charge is 2.22. The lowest BCUT2D eigenvalue weighted by atomic mass is 10.1. The first-order chi connectivity index (χ1) is 14.9. The molecular weight excluding hydrogens is 433 g/mol. The van der Waals surface area contributed by atoms with Crippen LogP contribution in [0.1, 0.15) is 17.3 Å². The number of benzene rings is 3. The molecule has 3 aromatic carbocycles. The molecule has 1 N–H and O–H groups in total. The Bertz CT molecular complexity index is 1050. The molecule has 7 heteroatoms. The van der Waals surface area contributed by atoms with Crippen LogP contribution in [-0.2, 0) is 4.79 Å². The number of nitrogens with one attached hydrogen (secondary N) is 1.